The zero-order valence-electron chi connectivity index (χ0n) is 10.2. The fourth-order valence-electron chi connectivity index (χ4n) is 1.97. The van der Waals surface area contributed by atoms with Gasteiger partial charge in [0.25, 0.3) is 0 Å². The number of nitrogens with one attached hydrogen (secondary N) is 1. The molecule has 0 aliphatic carbocycles. The monoisotopic (exact) mass is 271 g/mol. The third-order valence-corrected chi connectivity index (χ3v) is 4.42. The van der Waals surface area contributed by atoms with Crippen LogP contribution in [0.4, 0.5) is 0 Å². The van der Waals surface area contributed by atoms with Crippen LogP contribution in [0.3, 0.4) is 0 Å². The number of fused-ring (bicyclic) bond motifs is 1. The van der Waals surface area contributed by atoms with Crippen molar-refractivity contribution in [3.63, 3.8) is 0 Å². The third kappa shape index (κ3) is 3.38. The van der Waals surface area contributed by atoms with Crippen molar-refractivity contribution < 1.29 is 4.74 Å². The minimum absolute atomic E-state index is 0.243. The van der Waals surface area contributed by atoms with E-state index in [2.05, 4.69) is 24.4 Å². The Hall–Kier alpha value is -0.220. The standard InChI is InChI=1S/C13H18ClNOS/c1-9(16-2)8-15-12-5-6-17-13-4-3-10(14)7-11(12)13/h3-4,7,9,12,15H,5-6,8H2,1-2H3. The van der Waals surface area contributed by atoms with Gasteiger partial charge in [-0.05, 0) is 42.9 Å². The molecule has 0 aromatic heterocycles. The molecular weight excluding hydrogens is 254 g/mol. The molecule has 1 aliphatic heterocycles. The van der Waals surface area contributed by atoms with E-state index in [0.29, 0.717) is 6.04 Å². The van der Waals surface area contributed by atoms with E-state index >= 15 is 0 Å². The van der Waals surface area contributed by atoms with Gasteiger partial charge >= 0.3 is 0 Å². The van der Waals surface area contributed by atoms with E-state index in [1.165, 1.54) is 10.5 Å². The maximum atomic E-state index is 6.07. The Labute approximate surface area is 112 Å². The van der Waals surface area contributed by atoms with E-state index in [1.54, 1.807) is 7.11 Å². The normalized spacial score (nSPS) is 21.0. The lowest BCUT2D eigenvalue weighted by Crippen LogP contribution is -2.31. The Kier molecular flexibility index (Phi) is 4.74. The van der Waals surface area contributed by atoms with E-state index in [0.717, 1.165) is 23.7 Å². The number of rotatable bonds is 4. The molecule has 1 heterocycles. The fraction of sp³-hybridized carbons (Fsp3) is 0.538. The fourth-order valence-corrected chi connectivity index (χ4v) is 3.26. The molecule has 0 radical (unpaired) electrons. The smallest absolute Gasteiger partial charge is 0.0667 e. The van der Waals surface area contributed by atoms with E-state index in [1.807, 2.05) is 17.8 Å². The first-order valence-electron chi connectivity index (χ1n) is 5.89. The highest BCUT2D eigenvalue weighted by molar-refractivity contribution is 7.99. The maximum Gasteiger partial charge on any atom is 0.0667 e. The molecule has 0 amide bonds. The molecule has 94 valence electrons. The van der Waals surface area contributed by atoms with Gasteiger partial charge in [0.05, 0.1) is 6.10 Å². The molecule has 2 nitrogen and oxygen atoms in total. The van der Waals surface area contributed by atoms with Crippen LogP contribution in [-0.4, -0.2) is 25.5 Å². The molecule has 2 unspecified atom stereocenters. The van der Waals surface area contributed by atoms with Crippen LogP contribution >= 0.6 is 23.4 Å². The lowest BCUT2D eigenvalue weighted by Gasteiger charge is -2.27. The van der Waals surface area contributed by atoms with Crippen LogP contribution in [-0.2, 0) is 4.74 Å². The molecule has 0 saturated heterocycles. The zero-order chi connectivity index (χ0) is 12.3. The highest BCUT2D eigenvalue weighted by atomic mass is 35.5. The lowest BCUT2D eigenvalue weighted by molar-refractivity contribution is 0.114. The Bertz CT molecular complexity index is 386. The summed E-state index contributed by atoms with van der Waals surface area (Å²) >= 11 is 7.98. The summed E-state index contributed by atoms with van der Waals surface area (Å²) in [5, 5.41) is 4.38. The quantitative estimate of drug-likeness (QED) is 0.906. The van der Waals surface area contributed by atoms with Crippen molar-refractivity contribution >= 4 is 23.4 Å². The first kappa shape index (κ1) is 13.2. The zero-order valence-corrected chi connectivity index (χ0v) is 11.8. The Morgan fingerprint density at radius 1 is 1.59 bits per heavy atom. The minimum Gasteiger partial charge on any atom is -0.380 e. The van der Waals surface area contributed by atoms with Gasteiger partial charge in [-0.1, -0.05) is 11.6 Å². The minimum atomic E-state index is 0.243. The second kappa shape index (κ2) is 6.10. The van der Waals surface area contributed by atoms with Gasteiger partial charge in [0.2, 0.25) is 0 Å². The van der Waals surface area contributed by atoms with Crippen molar-refractivity contribution in [3.05, 3.63) is 28.8 Å². The van der Waals surface area contributed by atoms with Crippen molar-refractivity contribution in [1.82, 2.24) is 5.32 Å². The summed E-state index contributed by atoms with van der Waals surface area (Å²) in [4.78, 5) is 1.35. The molecule has 4 heteroatoms. The first-order chi connectivity index (χ1) is 8.20. The van der Waals surface area contributed by atoms with Gasteiger partial charge in [0.15, 0.2) is 0 Å². The van der Waals surface area contributed by atoms with Gasteiger partial charge in [-0.15, -0.1) is 11.8 Å². The number of ether oxygens (including phenoxy) is 1. The largest absolute Gasteiger partial charge is 0.380 e. The number of hydrogen-bond donors (Lipinski definition) is 1. The maximum absolute atomic E-state index is 6.07. The van der Waals surface area contributed by atoms with Crippen molar-refractivity contribution in [2.75, 3.05) is 19.4 Å². The summed E-state index contributed by atoms with van der Waals surface area (Å²) in [7, 11) is 1.74. The third-order valence-electron chi connectivity index (χ3n) is 3.07. The summed E-state index contributed by atoms with van der Waals surface area (Å²) in [6.45, 7) is 2.95. The molecule has 0 bridgehead atoms. The van der Waals surface area contributed by atoms with E-state index in [9.17, 15) is 0 Å². The molecule has 0 fully saturated rings. The molecule has 17 heavy (non-hydrogen) atoms. The molecule has 2 atom stereocenters. The molecule has 1 aliphatic rings. The summed E-state index contributed by atoms with van der Waals surface area (Å²) in [5.41, 5.74) is 1.33. The van der Waals surface area contributed by atoms with Gasteiger partial charge in [-0.2, -0.15) is 0 Å². The van der Waals surface area contributed by atoms with Crippen molar-refractivity contribution in [2.24, 2.45) is 0 Å². The molecule has 2 rings (SSSR count). The van der Waals surface area contributed by atoms with Gasteiger partial charge in [0.1, 0.15) is 0 Å². The van der Waals surface area contributed by atoms with Crippen LogP contribution in [0.25, 0.3) is 0 Å². The molecular formula is C13H18ClNOS. The average molecular weight is 272 g/mol. The number of halogens is 1. The average Bonchev–Trinajstić information content (AvgIpc) is 2.35. The molecule has 1 aromatic rings. The van der Waals surface area contributed by atoms with Crippen LogP contribution in [0.2, 0.25) is 5.02 Å². The van der Waals surface area contributed by atoms with Crippen LogP contribution in [0.1, 0.15) is 24.9 Å². The van der Waals surface area contributed by atoms with E-state index in [4.69, 9.17) is 16.3 Å². The molecule has 0 saturated carbocycles. The van der Waals surface area contributed by atoms with E-state index in [-0.39, 0.29) is 6.10 Å². The summed E-state index contributed by atoms with van der Waals surface area (Å²) in [6, 6.07) is 6.57. The van der Waals surface area contributed by atoms with Gasteiger partial charge in [-0.25, -0.2) is 0 Å². The summed E-state index contributed by atoms with van der Waals surface area (Å²) in [6.07, 6.45) is 1.39. The van der Waals surface area contributed by atoms with Gasteiger partial charge in [-0.3, -0.25) is 0 Å². The number of benzene rings is 1. The van der Waals surface area contributed by atoms with Gasteiger partial charge < -0.3 is 10.1 Å². The van der Waals surface area contributed by atoms with Crippen LogP contribution < -0.4 is 5.32 Å². The van der Waals surface area contributed by atoms with E-state index < -0.39 is 0 Å². The van der Waals surface area contributed by atoms with Crippen molar-refractivity contribution in [1.29, 1.82) is 0 Å². The number of hydrogen-bond acceptors (Lipinski definition) is 3. The number of thioether (sulfide) groups is 1. The second-order valence-corrected chi connectivity index (χ2v) is 5.90. The Morgan fingerprint density at radius 2 is 2.41 bits per heavy atom. The second-order valence-electron chi connectivity index (χ2n) is 4.33. The molecule has 1 aromatic carbocycles. The van der Waals surface area contributed by atoms with Crippen LogP contribution in [0.15, 0.2) is 23.1 Å². The van der Waals surface area contributed by atoms with Crippen molar-refractivity contribution in [3.8, 4) is 0 Å². The molecule has 1 N–H and O–H groups in total. The highest BCUT2D eigenvalue weighted by Crippen LogP contribution is 2.37. The Morgan fingerprint density at radius 3 is 3.18 bits per heavy atom. The first-order valence-corrected chi connectivity index (χ1v) is 7.25. The van der Waals surface area contributed by atoms with Gasteiger partial charge in [0, 0.05) is 29.6 Å². The number of methoxy groups -OCH3 is 1. The van der Waals surface area contributed by atoms with Crippen LogP contribution in [0, 0.1) is 0 Å². The Balaban J connectivity index is 2.08. The highest BCUT2D eigenvalue weighted by Gasteiger charge is 2.20. The summed E-state index contributed by atoms with van der Waals surface area (Å²) in [5.74, 6) is 1.16. The van der Waals surface area contributed by atoms with Crippen LogP contribution in [0.5, 0.6) is 0 Å². The molecule has 0 spiro atoms. The summed E-state index contributed by atoms with van der Waals surface area (Å²) < 4.78 is 5.26. The lowest BCUT2D eigenvalue weighted by atomic mass is 10.0. The van der Waals surface area contributed by atoms with Crippen molar-refractivity contribution in [2.45, 2.75) is 30.4 Å². The predicted octanol–water partition coefficient (Wildman–Crippen LogP) is 3.50. The predicted molar refractivity (Wildman–Crippen MR) is 74.0 cm³/mol. The topological polar surface area (TPSA) is 21.3 Å². The SMILES string of the molecule is COC(C)CNC1CCSc2ccc(Cl)cc21.